The smallest absolute Gasteiger partial charge is 0.306 e. The van der Waals surface area contributed by atoms with Crippen LogP contribution >= 0.6 is 11.8 Å². The molecule has 0 saturated carbocycles. The molecule has 4 aromatic rings. The molecule has 1 amide bonds. The Hall–Kier alpha value is -4.05. The number of carbonyl (C=O) groups is 1. The number of nitrogens with zero attached hydrogens (tertiary/aromatic N) is 4. The van der Waals surface area contributed by atoms with Gasteiger partial charge in [0.2, 0.25) is 11.7 Å². The second-order valence-corrected chi connectivity index (χ2v) is 8.71. The van der Waals surface area contributed by atoms with Gasteiger partial charge in [-0.25, -0.2) is 0 Å². The maximum Gasteiger partial charge on any atom is 0.306 e. The van der Waals surface area contributed by atoms with E-state index in [1.165, 1.54) is 17.8 Å². The number of nitrogens with one attached hydrogen (secondary N) is 1. The molecule has 34 heavy (non-hydrogen) atoms. The second-order valence-electron chi connectivity index (χ2n) is 7.40. The van der Waals surface area contributed by atoms with Gasteiger partial charge in [0.1, 0.15) is 5.82 Å². The molecule has 0 bridgehead atoms. The summed E-state index contributed by atoms with van der Waals surface area (Å²) in [4.78, 5) is 22.9. The number of nitro groups is 1. The first-order valence-corrected chi connectivity index (χ1v) is 11.3. The van der Waals surface area contributed by atoms with Crippen LogP contribution in [-0.4, -0.2) is 30.8 Å². The second kappa shape index (κ2) is 10.3. The van der Waals surface area contributed by atoms with Gasteiger partial charge in [-0.2, -0.15) is 4.39 Å². The van der Waals surface area contributed by atoms with Crippen LogP contribution in [0.15, 0.2) is 84.0 Å². The van der Waals surface area contributed by atoms with Crippen LogP contribution in [0.25, 0.3) is 5.69 Å². The molecular formula is C24H20FN5O3S. The maximum absolute atomic E-state index is 13.6. The molecule has 4 rings (SSSR count). The SMILES string of the molecule is CC(Sc1nnc(Cc2ccccc2)n1-c1ccccc1)C(=O)Nc1ccc(F)c([N+](=O)[O-])c1. The van der Waals surface area contributed by atoms with E-state index in [4.69, 9.17) is 0 Å². The Morgan fingerprint density at radius 3 is 2.44 bits per heavy atom. The zero-order chi connectivity index (χ0) is 24.1. The van der Waals surface area contributed by atoms with Crippen LogP contribution in [-0.2, 0) is 11.2 Å². The number of halogens is 1. The molecule has 10 heteroatoms. The molecule has 172 valence electrons. The minimum atomic E-state index is -0.965. The first-order valence-electron chi connectivity index (χ1n) is 10.4. The van der Waals surface area contributed by atoms with E-state index in [0.29, 0.717) is 11.6 Å². The zero-order valence-corrected chi connectivity index (χ0v) is 18.9. The highest BCUT2D eigenvalue weighted by atomic mass is 32.2. The van der Waals surface area contributed by atoms with E-state index in [9.17, 15) is 19.3 Å². The predicted molar refractivity (Wildman–Crippen MR) is 128 cm³/mol. The lowest BCUT2D eigenvalue weighted by Crippen LogP contribution is -2.23. The number of hydrogen-bond donors (Lipinski definition) is 1. The van der Waals surface area contributed by atoms with Crippen molar-refractivity contribution in [3.8, 4) is 5.69 Å². The molecule has 0 aliphatic heterocycles. The summed E-state index contributed by atoms with van der Waals surface area (Å²) in [5.74, 6) is -0.646. The van der Waals surface area contributed by atoms with Crippen LogP contribution in [0.5, 0.6) is 0 Å². The lowest BCUT2D eigenvalue weighted by atomic mass is 10.1. The summed E-state index contributed by atoms with van der Waals surface area (Å²) in [5.41, 5.74) is 1.38. The van der Waals surface area contributed by atoms with Crippen molar-refractivity contribution in [2.45, 2.75) is 23.8 Å². The first-order chi connectivity index (χ1) is 16.4. The summed E-state index contributed by atoms with van der Waals surface area (Å²) in [6.07, 6.45) is 0.559. The topological polar surface area (TPSA) is 103 Å². The normalized spacial score (nSPS) is 11.7. The highest BCUT2D eigenvalue weighted by molar-refractivity contribution is 8.00. The molecule has 0 fully saturated rings. The molecule has 0 aliphatic carbocycles. The minimum absolute atomic E-state index is 0.139. The first kappa shape index (κ1) is 23.1. The van der Waals surface area contributed by atoms with E-state index in [0.717, 1.165) is 29.2 Å². The summed E-state index contributed by atoms with van der Waals surface area (Å²) in [5, 5.41) is 22.2. The number of thioether (sulfide) groups is 1. The molecule has 1 aromatic heterocycles. The molecule has 1 atom stereocenters. The van der Waals surface area contributed by atoms with Gasteiger partial charge in [0, 0.05) is 23.9 Å². The summed E-state index contributed by atoms with van der Waals surface area (Å²) in [6.45, 7) is 1.69. The number of anilines is 1. The maximum atomic E-state index is 13.6. The number of hydrogen-bond acceptors (Lipinski definition) is 6. The Labute approximate surface area is 199 Å². The zero-order valence-electron chi connectivity index (χ0n) is 18.1. The van der Waals surface area contributed by atoms with Crippen LogP contribution < -0.4 is 5.32 Å². The van der Waals surface area contributed by atoms with E-state index in [1.54, 1.807) is 6.92 Å². The van der Waals surface area contributed by atoms with Crippen molar-refractivity contribution in [2.75, 3.05) is 5.32 Å². The summed E-state index contributed by atoms with van der Waals surface area (Å²) < 4.78 is 15.5. The number of carbonyl (C=O) groups excluding carboxylic acids is 1. The largest absolute Gasteiger partial charge is 0.325 e. The van der Waals surface area contributed by atoms with E-state index in [2.05, 4.69) is 15.5 Å². The number of amides is 1. The van der Waals surface area contributed by atoms with E-state index >= 15 is 0 Å². The molecule has 0 saturated heterocycles. The number of para-hydroxylation sites is 1. The van der Waals surface area contributed by atoms with Crippen molar-refractivity contribution in [1.82, 2.24) is 14.8 Å². The van der Waals surface area contributed by atoms with E-state index in [1.807, 2.05) is 65.2 Å². The number of aromatic nitrogens is 3. The molecule has 8 nitrogen and oxygen atoms in total. The average molecular weight is 478 g/mol. The van der Waals surface area contributed by atoms with Gasteiger partial charge in [-0.3, -0.25) is 19.5 Å². The Balaban J connectivity index is 1.56. The molecule has 1 heterocycles. The van der Waals surface area contributed by atoms with Gasteiger partial charge < -0.3 is 5.32 Å². The van der Waals surface area contributed by atoms with Crippen molar-refractivity contribution >= 4 is 29.0 Å². The highest BCUT2D eigenvalue weighted by Gasteiger charge is 2.22. The lowest BCUT2D eigenvalue weighted by Gasteiger charge is -2.14. The molecule has 1 unspecified atom stereocenters. The standard InChI is InChI=1S/C24H20FN5O3S/c1-16(23(31)26-18-12-13-20(25)21(15-18)30(32)33)34-24-28-27-22(14-17-8-4-2-5-9-17)29(24)19-10-6-3-7-11-19/h2-13,15-16H,14H2,1H3,(H,26,31). The Kier molecular flexibility index (Phi) is 6.98. The Morgan fingerprint density at radius 2 is 1.76 bits per heavy atom. The summed E-state index contributed by atoms with van der Waals surface area (Å²) in [7, 11) is 0. The van der Waals surface area contributed by atoms with Gasteiger partial charge in [0.05, 0.1) is 10.2 Å². The monoisotopic (exact) mass is 477 g/mol. The molecule has 3 aromatic carbocycles. The Morgan fingerprint density at radius 1 is 1.09 bits per heavy atom. The Bertz CT molecular complexity index is 1310. The third-order valence-corrected chi connectivity index (χ3v) is 6.02. The fourth-order valence-corrected chi connectivity index (χ4v) is 4.18. The van der Waals surface area contributed by atoms with Gasteiger partial charge >= 0.3 is 5.69 Å². The summed E-state index contributed by atoms with van der Waals surface area (Å²) >= 11 is 1.21. The summed E-state index contributed by atoms with van der Waals surface area (Å²) in [6, 6.07) is 22.7. The van der Waals surface area contributed by atoms with Crippen molar-refractivity contribution in [1.29, 1.82) is 0 Å². The quantitative estimate of drug-likeness (QED) is 0.217. The van der Waals surface area contributed by atoms with Crippen molar-refractivity contribution in [3.05, 3.63) is 106 Å². The highest BCUT2D eigenvalue weighted by Crippen LogP contribution is 2.28. The van der Waals surface area contributed by atoms with Crippen LogP contribution in [0, 0.1) is 15.9 Å². The van der Waals surface area contributed by atoms with Crippen molar-refractivity contribution < 1.29 is 14.1 Å². The third kappa shape index (κ3) is 5.29. The average Bonchev–Trinajstić information content (AvgIpc) is 3.23. The molecule has 1 N–H and O–H groups in total. The van der Waals surface area contributed by atoms with Gasteiger partial charge in [-0.15, -0.1) is 10.2 Å². The fourth-order valence-electron chi connectivity index (χ4n) is 3.29. The predicted octanol–water partition coefficient (Wildman–Crippen LogP) is 5.02. The van der Waals surface area contributed by atoms with Crippen LogP contribution in [0.3, 0.4) is 0 Å². The number of benzene rings is 3. The van der Waals surface area contributed by atoms with Gasteiger partial charge in [0.15, 0.2) is 5.16 Å². The minimum Gasteiger partial charge on any atom is -0.325 e. The molecule has 0 aliphatic rings. The van der Waals surface area contributed by atoms with Gasteiger partial charge in [-0.05, 0) is 36.8 Å². The van der Waals surface area contributed by atoms with Crippen molar-refractivity contribution in [3.63, 3.8) is 0 Å². The van der Waals surface area contributed by atoms with Crippen LogP contribution in [0.2, 0.25) is 0 Å². The van der Waals surface area contributed by atoms with Gasteiger partial charge in [-0.1, -0.05) is 60.3 Å². The van der Waals surface area contributed by atoms with Crippen molar-refractivity contribution in [2.24, 2.45) is 0 Å². The fraction of sp³-hybridized carbons (Fsp3) is 0.125. The lowest BCUT2D eigenvalue weighted by molar-refractivity contribution is -0.387. The van der Waals surface area contributed by atoms with E-state index < -0.39 is 27.6 Å². The van der Waals surface area contributed by atoms with E-state index in [-0.39, 0.29) is 5.69 Å². The number of rotatable bonds is 8. The molecular weight excluding hydrogens is 457 g/mol. The third-order valence-electron chi connectivity index (χ3n) is 4.98. The van der Waals surface area contributed by atoms with Crippen LogP contribution in [0.4, 0.5) is 15.8 Å². The van der Waals surface area contributed by atoms with Crippen LogP contribution in [0.1, 0.15) is 18.3 Å². The molecule has 0 radical (unpaired) electrons. The number of nitro benzene ring substituents is 1. The van der Waals surface area contributed by atoms with Gasteiger partial charge in [0.25, 0.3) is 0 Å². The molecule has 0 spiro atoms.